The number of carbonyl (C=O) groups excluding carboxylic acids is 2. The average Bonchev–Trinajstić information content (AvgIpc) is 2.94. The minimum absolute atomic E-state index is 0.116. The van der Waals surface area contributed by atoms with E-state index in [1.165, 1.54) is 23.1 Å². The summed E-state index contributed by atoms with van der Waals surface area (Å²) in [5.74, 6) is -0.0333. The summed E-state index contributed by atoms with van der Waals surface area (Å²) in [5, 5.41) is 0.591. The second-order valence-electron chi connectivity index (χ2n) is 6.75. The average molecular weight is 423 g/mol. The molecule has 4 nitrogen and oxygen atoms in total. The molecule has 0 bridgehead atoms. The van der Waals surface area contributed by atoms with Crippen LogP contribution in [0.5, 0.6) is 0 Å². The largest absolute Gasteiger partial charge is 0.340 e. The summed E-state index contributed by atoms with van der Waals surface area (Å²) in [6.07, 6.45) is 6.37. The third kappa shape index (κ3) is 4.73. The van der Waals surface area contributed by atoms with Gasteiger partial charge in [-0.3, -0.25) is 14.5 Å². The minimum atomic E-state index is -0.150. The number of likely N-dealkylation sites (tertiary alicyclic amines) is 1. The van der Waals surface area contributed by atoms with E-state index in [1.54, 1.807) is 12.1 Å². The molecular formula is C20H23ClN2O2S2. The first kappa shape index (κ1) is 20.4. The number of benzene rings is 1. The molecule has 1 aromatic carbocycles. The van der Waals surface area contributed by atoms with Gasteiger partial charge in [-0.25, -0.2) is 0 Å². The molecule has 27 heavy (non-hydrogen) atoms. The van der Waals surface area contributed by atoms with Crippen LogP contribution in [0, 0.1) is 0 Å². The van der Waals surface area contributed by atoms with Crippen LogP contribution < -0.4 is 0 Å². The van der Waals surface area contributed by atoms with Gasteiger partial charge in [-0.1, -0.05) is 60.7 Å². The molecule has 2 fully saturated rings. The van der Waals surface area contributed by atoms with Crippen molar-refractivity contribution in [3.05, 3.63) is 39.8 Å². The van der Waals surface area contributed by atoms with Gasteiger partial charge in [0, 0.05) is 30.6 Å². The highest BCUT2D eigenvalue weighted by molar-refractivity contribution is 8.26. The first-order valence-corrected chi connectivity index (χ1v) is 10.9. The lowest BCUT2D eigenvalue weighted by atomic mass is 9.99. The molecule has 2 amide bonds. The Hall–Kier alpha value is -1.37. The zero-order chi connectivity index (χ0) is 19.4. The Bertz CT molecular complexity index is 781. The van der Waals surface area contributed by atoms with Gasteiger partial charge in [0.2, 0.25) is 5.91 Å². The van der Waals surface area contributed by atoms with Crippen LogP contribution in [-0.4, -0.2) is 45.1 Å². The third-order valence-electron chi connectivity index (χ3n) is 5.03. The van der Waals surface area contributed by atoms with Gasteiger partial charge in [-0.05, 0) is 43.4 Å². The fraction of sp³-hybridized carbons (Fsp3) is 0.450. The molecule has 2 aliphatic rings. The number of thiocarbonyl (C=S) groups is 1. The standard InChI is InChI=1S/C20H23ClN2O2S2/c1-2-15-8-5-6-11-22(15)18(24)10-12-23-19(25)17(27-20(23)26)13-14-7-3-4-9-16(14)21/h3-4,7,9,13,15H,2,5-6,8,10-12H2,1H3/b17-13+. The summed E-state index contributed by atoms with van der Waals surface area (Å²) < 4.78 is 0.497. The second-order valence-corrected chi connectivity index (χ2v) is 8.83. The van der Waals surface area contributed by atoms with Crippen LogP contribution in [0.2, 0.25) is 5.02 Å². The molecule has 2 heterocycles. The Kier molecular flexibility index (Phi) is 6.95. The van der Waals surface area contributed by atoms with Gasteiger partial charge in [-0.15, -0.1) is 0 Å². The molecule has 1 atom stereocenters. The van der Waals surface area contributed by atoms with E-state index in [0.717, 1.165) is 31.4 Å². The van der Waals surface area contributed by atoms with E-state index in [0.29, 0.717) is 33.3 Å². The molecule has 0 saturated carbocycles. The third-order valence-corrected chi connectivity index (χ3v) is 6.76. The van der Waals surface area contributed by atoms with E-state index in [9.17, 15) is 9.59 Å². The van der Waals surface area contributed by atoms with Crippen molar-refractivity contribution in [2.75, 3.05) is 13.1 Å². The molecule has 7 heteroatoms. The van der Waals surface area contributed by atoms with Crippen LogP contribution in [0.4, 0.5) is 0 Å². The Morgan fingerprint density at radius 1 is 1.37 bits per heavy atom. The summed E-state index contributed by atoms with van der Waals surface area (Å²) in [5.41, 5.74) is 0.787. The Balaban J connectivity index is 1.64. The van der Waals surface area contributed by atoms with Crippen molar-refractivity contribution < 1.29 is 9.59 Å². The number of hydrogen-bond acceptors (Lipinski definition) is 4. The number of carbonyl (C=O) groups is 2. The van der Waals surface area contributed by atoms with Crippen LogP contribution in [0.3, 0.4) is 0 Å². The van der Waals surface area contributed by atoms with E-state index in [1.807, 2.05) is 23.1 Å². The quantitative estimate of drug-likeness (QED) is 0.508. The number of nitrogens with zero attached hydrogens (tertiary/aromatic N) is 2. The van der Waals surface area contributed by atoms with E-state index in [4.69, 9.17) is 23.8 Å². The second kappa shape index (κ2) is 9.22. The number of hydrogen-bond donors (Lipinski definition) is 0. The molecule has 0 spiro atoms. The number of rotatable bonds is 5. The maximum absolute atomic E-state index is 12.7. The summed E-state index contributed by atoms with van der Waals surface area (Å²) >= 11 is 12.8. The number of halogens is 1. The molecule has 0 radical (unpaired) electrons. The van der Waals surface area contributed by atoms with Crippen molar-refractivity contribution in [3.63, 3.8) is 0 Å². The monoisotopic (exact) mass is 422 g/mol. The van der Waals surface area contributed by atoms with Gasteiger partial charge in [0.15, 0.2) is 0 Å². The summed E-state index contributed by atoms with van der Waals surface area (Å²) in [6.45, 7) is 3.27. The molecule has 0 aromatic heterocycles. The smallest absolute Gasteiger partial charge is 0.266 e. The molecule has 2 aliphatic heterocycles. The van der Waals surface area contributed by atoms with Crippen molar-refractivity contribution in [2.24, 2.45) is 0 Å². The summed E-state index contributed by atoms with van der Waals surface area (Å²) in [7, 11) is 0. The van der Waals surface area contributed by atoms with Crippen LogP contribution in [0.25, 0.3) is 6.08 Å². The van der Waals surface area contributed by atoms with Crippen LogP contribution in [0.15, 0.2) is 29.2 Å². The van der Waals surface area contributed by atoms with Crippen LogP contribution >= 0.6 is 35.6 Å². The summed E-state index contributed by atoms with van der Waals surface area (Å²) in [6, 6.07) is 7.70. The fourth-order valence-corrected chi connectivity index (χ4v) is 5.02. The Labute approximate surface area is 174 Å². The summed E-state index contributed by atoms with van der Waals surface area (Å²) in [4.78, 5) is 29.4. The Morgan fingerprint density at radius 2 is 2.15 bits per heavy atom. The van der Waals surface area contributed by atoms with Gasteiger partial charge in [0.05, 0.1) is 4.91 Å². The van der Waals surface area contributed by atoms with E-state index >= 15 is 0 Å². The number of thioether (sulfide) groups is 1. The van der Waals surface area contributed by atoms with Crippen molar-refractivity contribution in [2.45, 2.75) is 45.1 Å². The molecule has 2 saturated heterocycles. The maximum Gasteiger partial charge on any atom is 0.266 e. The minimum Gasteiger partial charge on any atom is -0.340 e. The van der Waals surface area contributed by atoms with Gasteiger partial charge in [0.1, 0.15) is 4.32 Å². The van der Waals surface area contributed by atoms with Crippen LogP contribution in [-0.2, 0) is 9.59 Å². The maximum atomic E-state index is 12.7. The normalized spacial score (nSPS) is 22.0. The molecule has 1 unspecified atom stereocenters. The zero-order valence-corrected chi connectivity index (χ0v) is 17.7. The Morgan fingerprint density at radius 3 is 2.89 bits per heavy atom. The van der Waals surface area contributed by atoms with Gasteiger partial charge in [0.25, 0.3) is 5.91 Å². The van der Waals surface area contributed by atoms with E-state index in [2.05, 4.69) is 6.92 Å². The van der Waals surface area contributed by atoms with E-state index < -0.39 is 0 Å². The lowest BCUT2D eigenvalue weighted by Gasteiger charge is -2.35. The molecule has 144 valence electrons. The molecule has 0 N–H and O–H groups in total. The van der Waals surface area contributed by atoms with Crippen molar-refractivity contribution >= 4 is 57.8 Å². The number of amides is 2. The predicted molar refractivity (Wildman–Crippen MR) is 116 cm³/mol. The lowest BCUT2D eigenvalue weighted by molar-refractivity contribution is -0.135. The lowest BCUT2D eigenvalue weighted by Crippen LogP contribution is -2.44. The predicted octanol–water partition coefficient (Wildman–Crippen LogP) is 4.72. The first-order valence-electron chi connectivity index (χ1n) is 9.30. The molecular weight excluding hydrogens is 400 g/mol. The fourth-order valence-electron chi connectivity index (χ4n) is 3.53. The van der Waals surface area contributed by atoms with Crippen molar-refractivity contribution in [3.8, 4) is 0 Å². The van der Waals surface area contributed by atoms with Crippen LogP contribution in [0.1, 0.15) is 44.6 Å². The highest BCUT2D eigenvalue weighted by Gasteiger charge is 2.33. The van der Waals surface area contributed by atoms with Crippen molar-refractivity contribution in [1.82, 2.24) is 9.80 Å². The zero-order valence-electron chi connectivity index (χ0n) is 15.3. The van der Waals surface area contributed by atoms with Gasteiger partial charge >= 0.3 is 0 Å². The highest BCUT2D eigenvalue weighted by Crippen LogP contribution is 2.34. The molecule has 0 aliphatic carbocycles. The van der Waals surface area contributed by atoms with E-state index in [-0.39, 0.29) is 11.8 Å². The van der Waals surface area contributed by atoms with Crippen molar-refractivity contribution in [1.29, 1.82) is 0 Å². The molecule has 3 rings (SSSR count). The SMILES string of the molecule is CCC1CCCCN1C(=O)CCN1C(=O)/C(=C\c2ccccc2Cl)SC1=S. The van der Waals surface area contributed by atoms with Gasteiger partial charge < -0.3 is 4.90 Å². The number of piperidine rings is 1. The molecule has 1 aromatic rings. The first-order chi connectivity index (χ1) is 13.0. The highest BCUT2D eigenvalue weighted by atomic mass is 35.5. The topological polar surface area (TPSA) is 40.6 Å². The van der Waals surface area contributed by atoms with Gasteiger partial charge in [-0.2, -0.15) is 0 Å².